The minimum atomic E-state index is -0.520. The second kappa shape index (κ2) is 5.75. The van der Waals surface area contributed by atoms with Crippen molar-refractivity contribution in [3.63, 3.8) is 0 Å². The molecule has 0 bridgehead atoms. The average Bonchev–Trinajstić information content (AvgIpc) is 2.80. The molecule has 0 radical (unpaired) electrons. The molecule has 1 aromatic rings. The van der Waals surface area contributed by atoms with Gasteiger partial charge in [0.25, 0.3) is 0 Å². The van der Waals surface area contributed by atoms with Gasteiger partial charge < -0.3 is 14.3 Å². The Morgan fingerprint density at radius 1 is 1.37 bits per heavy atom. The van der Waals surface area contributed by atoms with E-state index in [0.29, 0.717) is 22.8 Å². The molecule has 6 heteroatoms. The third-order valence-corrected chi connectivity index (χ3v) is 2.89. The minimum Gasteiger partial charge on any atom is -0.497 e. The highest BCUT2D eigenvalue weighted by Gasteiger charge is 2.25. The summed E-state index contributed by atoms with van der Waals surface area (Å²) in [6.45, 7) is 0. The molecule has 1 heterocycles. The Hall–Kier alpha value is -2.01. The lowest BCUT2D eigenvalue weighted by atomic mass is 10.1. The fourth-order valence-electron chi connectivity index (χ4n) is 1.64. The van der Waals surface area contributed by atoms with Gasteiger partial charge in [0.15, 0.2) is 0 Å². The third kappa shape index (κ3) is 2.71. The largest absolute Gasteiger partial charge is 0.497 e. The molecule has 5 nitrogen and oxygen atoms in total. The van der Waals surface area contributed by atoms with Crippen LogP contribution in [0.5, 0.6) is 11.5 Å². The summed E-state index contributed by atoms with van der Waals surface area (Å²) >= 11 is 5.70. The van der Waals surface area contributed by atoms with E-state index in [2.05, 4.69) is 9.99 Å². The van der Waals surface area contributed by atoms with Gasteiger partial charge in [0.2, 0.25) is 0 Å². The highest BCUT2D eigenvalue weighted by atomic mass is 35.5. The molecule has 0 aliphatic carbocycles. The topological polar surface area (TPSA) is 57.1 Å². The molecular formula is C13H12ClNO4. The van der Waals surface area contributed by atoms with E-state index in [1.165, 1.54) is 0 Å². The molecule has 0 fully saturated rings. The molecule has 0 saturated carbocycles. The standard InChI is InChI=1S/C13H12ClNO4/c1-17-9-4-3-8(12(6-9)18-2)5-10-11(7-14)15-19-13(10)16/h3-6H,7H2,1-2H3. The average molecular weight is 282 g/mol. The number of alkyl halides is 1. The number of benzene rings is 1. The van der Waals surface area contributed by atoms with Gasteiger partial charge in [-0.05, 0) is 18.2 Å². The summed E-state index contributed by atoms with van der Waals surface area (Å²) in [7, 11) is 3.11. The number of methoxy groups -OCH3 is 2. The maximum absolute atomic E-state index is 11.5. The number of nitrogens with zero attached hydrogens (tertiary/aromatic N) is 1. The summed E-state index contributed by atoms with van der Waals surface area (Å²) in [5, 5.41) is 3.60. The molecule has 0 atom stereocenters. The van der Waals surface area contributed by atoms with E-state index < -0.39 is 5.97 Å². The Kier molecular flexibility index (Phi) is 4.06. The lowest BCUT2D eigenvalue weighted by Gasteiger charge is -2.07. The van der Waals surface area contributed by atoms with Crippen molar-refractivity contribution < 1.29 is 19.1 Å². The lowest BCUT2D eigenvalue weighted by Crippen LogP contribution is -2.06. The van der Waals surface area contributed by atoms with Crippen LogP contribution in [0.2, 0.25) is 0 Å². The molecule has 1 aliphatic heterocycles. The van der Waals surface area contributed by atoms with Crippen LogP contribution in [0.3, 0.4) is 0 Å². The van der Waals surface area contributed by atoms with Crippen LogP contribution < -0.4 is 9.47 Å². The number of carbonyl (C=O) groups excluding carboxylic acids is 1. The molecule has 2 rings (SSSR count). The van der Waals surface area contributed by atoms with Gasteiger partial charge in [-0.25, -0.2) is 4.79 Å². The molecule has 0 saturated heterocycles. The zero-order valence-corrected chi connectivity index (χ0v) is 11.2. The first-order chi connectivity index (χ1) is 9.19. The highest BCUT2D eigenvalue weighted by molar-refractivity contribution is 6.38. The molecule has 100 valence electrons. The maximum atomic E-state index is 11.5. The van der Waals surface area contributed by atoms with Gasteiger partial charge in [-0.15, -0.1) is 11.6 Å². The minimum absolute atomic E-state index is 0.107. The summed E-state index contributed by atoms with van der Waals surface area (Å²) in [4.78, 5) is 16.1. The summed E-state index contributed by atoms with van der Waals surface area (Å²) in [6.07, 6.45) is 1.63. The van der Waals surface area contributed by atoms with Crippen LogP contribution in [0.25, 0.3) is 6.08 Å². The zero-order valence-electron chi connectivity index (χ0n) is 10.5. The lowest BCUT2D eigenvalue weighted by molar-refractivity contribution is -0.136. The van der Waals surface area contributed by atoms with Crippen molar-refractivity contribution in [2.75, 3.05) is 20.1 Å². The van der Waals surface area contributed by atoms with Crippen molar-refractivity contribution in [1.29, 1.82) is 0 Å². The normalized spacial score (nSPS) is 16.3. The van der Waals surface area contributed by atoms with Crippen LogP contribution in [-0.4, -0.2) is 31.8 Å². The third-order valence-electron chi connectivity index (χ3n) is 2.64. The van der Waals surface area contributed by atoms with Crippen LogP contribution in [0.15, 0.2) is 28.9 Å². The number of halogens is 1. The number of rotatable bonds is 4. The van der Waals surface area contributed by atoms with Crippen molar-refractivity contribution >= 4 is 29.4 Å². The van der Waals surface area contributed by atoms with E-state index in [4.69, 9.17) is 21.1 Å². The second-order valence-electron chi connectivity index (χ2n) is 3.72. The molecule has 0 amide bonds. The fraction of sp³-hybridized carbons (Fsp3) is 0.231. The SMILES string of the molecule is COc1ccc(C=C2C(=O)ON=C2CCl)c(OC)c1. The van der Waals surface area contributed by atoms with Crippen LogP contribution in [-0.2, 0) is 9.63 Å². The molecule has 0 aromatic heterocycles. The van der Waals surface area contributed by atoms with Crippen molar-refractivity contribution in [3.05, 3.63) is 29.3 Å². The van der Waals surface area contributed by atoms with Gasteiger partial charge in [-0.2, -0.15) is 0 Å². The van der Waals surface area contributed by atoms with Crippen LogP contribution in [0.1, 0.15) is 5.56 Å². The van der Waals surface area contributed by atoms with E-state index in [0.717, 1.165) is 5.56 Å². The first-order valence-electron chi connectivity index (χ1n) is 5.48. The van der Waals surface area contributed by atoms with Gasteiger partial charge in [0, 0.05) is 11.6 Å². The van der Waals surface area contributed by atoms with E-state index in [1.54, 1.807) is 38.5 Å². The summed E-state index contributed by atoms with van der Waals surface area (Å²) in [5.74, 6) is 0.837. The Morgan fingerprint density at radius 2 is 2.16 bits per heavy atom. The van der Waals surface area contributed by atoms with Gasteiger partial charge in [0.1, 0.15) is 17.2 Å². The Morgan fingerprint density at radius 3 is 2.79 bits per heavy atom. The summed E-state index contributed by atoms with van der Waals surface area (Å²) in [6, 6.07) is 5.28. The smallest absolute Gasteiger partial charge is 0.367 e. The van der Waals surface area contributed by atoms with E-state index in [-0.39, 0.29) is 5.88 Å². The van der Waals surface area contributed by atoms with Gasteiger partial charge in [-0.3, -0.25) is 0 Å². The number of hydrogen-bond acceptors (Lipinski definition) is 5. The van der Waals surface area contributed by atoms with Gasteiger partial charge in [0.05, 0.1) is 25.7 Å². The highest BCUT2D eigenvalue weighted by Crippen LogP contribution is 2.27. The Balaban J connectivity index is 2.42. The number of hydrogen-bond donors (Lipinski definition) is 0. The van der Waals surface area contributed by atoms with Crippen LogP contribution in [0, 0.1) is 0 Å². The van der Waals surface area contributed by atoms with Crippen LogP contribution >= 0.6 is 11.6 Å². The fourth-order valence-corrected chi connectivity index (χ4v) is 1.84. The molecule has 0 spiro atoms. The van der Waals surface area contributed by atoms with Crippen molar-refractivity contribution in [2.45, 2.75) is 0 Å². The Labute approximate surface area is 115 Å². The number of oxime groups is 1. The molecule has 1 aliphatic rings. The maximum Gasteiger partial charge on any atom is 0.367 e. The van der Waals surface area contributed by atoms with E-state index in [9.17, 15) is 4.79 Å². The monoisotopic (exact) mass is 281 g/mol. The van der Waals surface area contributed by atoms with E-state index in [1.807, 2.05) is 0 Å². The molecule has 19 heavy (non-hydrogen) atoms. The quantitative estimate of drug-likeness (QED) is 0.482. The predicted octanol–water partition coefficient (Wildman–Crippen LogP) is 2.24. The van der Waals surface area contributed by atoms with Gasteiger partial charge >= 0.3 is 5.97 Å². The second-order valence-corrected chi connectivity index (χ2v) is 3.98. The first kappa shape index (κ1) is 13.4. The zero-order chi connectivity index (χ0) is 13.8. The van der Waals surface area contributed by atoms with Crippen molar-refractivity contribution in [1.82, 2.24) is 0 Å². The van der Waals surface area contributed by atoms with Crippen molar-refractivity contribution in [2.24, 2.45) is 5.16 Å². The number of ether oxygens (including phenoxy) is 2. The molecule has 0 N–H and O–H groups in total. The summed E-state index contributed by atoms with van der Waals surface area (Å²) in [5.41, 5.74) is 1.46. The van der Waals surface area contributed by atoms with E-state index >= 15 is 0 Å². The van der Waals surface area contributed by atoms with Crippen molar-refractivity contribution in [3.8, 4) is 11.5 Å². The molecular weight excluding hydrogens is 270 g/mol. The molecule has 1 aromatic carbocycles. The van der Waals surface area contributed by atoms with Gasteiger partial charge in [-0.1, -0.05) is 5.16 Å². The summed E-state index contributed by atoms with van der Waals surface area (Å²) < 4.78 is 10.4. The first-order valence-corrected chi connectivity index (χ1v) is 6.01. The predicted molar refractivity (Wildman–Crippen MR) is 71.8 cm³/mol. The van der Waals surface area contributed by atoms with Crippen LogP contribution in [0.4, 0.5) is 0 Å². The number of carbonyl (C=O) groups is 1. The Bertz CT molecular complexity index is 566. The molecule has 0 unspecified atom stereocenters.